The van der Waals surface area contributed by atoms with Gasteiger partial charge in [0.2, 0.25) is 0 Å². The van der Waals surface area contributed by atoms with Gasteiger partial charge in [-0.2, -0.15) is 0 Å². The molecule has 0 saturated carbocycles. The predicted molar refractivity (Wildman–Crippen MR) is 40.2 cm³/mol. The quantitative estimate of drug-likeness (QED) is 0.550. The number of alkyl halides is 1. The zero-order valence-electron chi connectivity index (χ0n) is 6.39. The number of halogens is 1. The van der Waals surface area contributed by atoms with E-state index in [-0.39, 0.29) is 11.2 Å². The van der Waals surface area contributed by atoms with Crippen LogP contribution in [0.1, 0.15) is 19.8 Å². The average molecular weight is 165 g/mol. The second-order valence-electron chi connectivity index (χ2n) is 2.82. The first kappa shape index (κ1) is 8.31. The molecule has 0 radical (unpaired) electrons. The van der Waals surface area contributed by atoms with Gasteiger partial charge in [0, 0.05) is 13.7 Å². The summed E-state index contributed by atoms with van der Waals surface area (Å²) < 4.78 is 10.3. The molecule has 0 amide bonds. The Balaban J connectivity index is 2.51. The number of hydrogen-bond donors (Lipinski definition) is 0. The molecule has 1 aliphatic rings. The molecule has 0 N–H and O–H groups in total. The van der Waals surface area contributed by atoms with Gasteiger partial charge in [-0.05, 0) is 19.8 Å². The summed E-state index contributed by atoms with van der Waals surface area (Å²) in [7, 11) is 1.62. The lowest BCUT2D eigenvalue weighted by molar-refractivity contribution is -0.163. The van der Waals surface area contributed by atoms with Crippen LogP contribution in [0.5, 0.6) is 0 Å². The molecule has 0 bridgehead atoms. The highest BCUT2D eigenvalue weighted by atomic mass is 35.5. The van der Waals surface area contributed by atoms with Gasteiger partial charge in [-0.1, -0.05) is 0 Å². The summed E-state index contributed by atoms with van der Waals surface area (Å²) in [4.78, 5) is -0.326. The second-order valence-corrected chi connectivity index (χ2v) is 3.68. The Morgan fingerprint density at radius 3 is 2.80 bits per heavy atom. The van der Waals surface area contributed by atoms with Crippen molar-refractivity contribution in [3.63, 3.8) is 0 Å². The largest absolute Gasteiger partial charge is 0.354 e. The van der Waals surface area contributed by atoms with E-state index in [1.165, 1.54) is 0 Å². The van der Waals surface area contributed by atoms with Gasteiger partial charge in [0.05, 0.1) is 4.87 Å². The Bertz CT molecular complexity index is 114. The molecule has 1 saturated heterocycles. The molecular weight excluding hydrogens is 152 g/mol. The van der Waals surface area contributed by atoms with Crippen molar-refractivity contribution in [1.29, 1.82) is 0 Å². The molecule has 10 heavy (non-hydrogen) atoms. The average Bonchev–Trinajstić information content (AvgIpc) is 1.87. The van der Waals surface area contributed by atoms with Crippen molar-refractivity contribution in [1.82, 2.24) is 0 Å². The minimum Gasteiger partial charge on any atom is -0.354 e. The van der Waals surface area contributed by atoms with Gasteiger partial charge >= 0.3 is 0 Å². The lowest BCUT2D eigenvalue weighted by Gasteiger charge is -2.34. The standard InChI is InChI=1S/C7H13ClO2/c1-7(8)4-3-5-10-6(7)9-2/h6H,3-5H2,1-2H3. The lowest BCUT2D eigenvalue weighted by atomic mass is 10.0. The number of methoxy groups -OCH3 is 1. The molecule has 60 valence electrons. The van der Waals surface area contributed by atoms with Crippen LogP contribution in [0.25, 0.3) is 0 Å². The van der Waals surface area contributed by atoms with E-state index < -0.39 is 0 Å². The molecule has 2 unspecified atom stereocenters. The normalized spacial score (nSPS) is 41.7. The molecule has 2 atom stereocenters. The molecule has 1 aliphatic heterocycles. The van der Waals surface area contributed by atoms with Crippen LogP contribution in [0.3, 0.4) is 0 Å². The van der Waals surface area contributed by atoms with Crippen molar-refractivity contribution in [2.45, 2.75) is 30.9 Å². The summed E-state index contributed by atoms with van der Waals surface area (Å²) in [5.74, 6) is 0. The molecule has 0 spiro atoms. The van der Waals surface area contributed by atoms with Gasteiger partial charge < -0.3 is 9.47 Å². The van der Waals surface area contributed by atoms with Crippen LogP contribution >= 0.6 is 11.6 Å². The summed E-state index contributed by atoms with van der Waals surface area (Å²) >= 11 is 6.09. The summed E-state index contributed by atoms with van der Waals surface area (Å²) in [6, 6.07) is 0. The number of hydrogen-bond acceptors (Lipinski definition) is 2. The van der Waals surface area contributed by atoms with E-state index in [1.54, 1.807) is 7.11 Å². The lowest BCUT2D eigenvalue weighted by Crippen LogP contribution is -2.41. The van der Waals surface area contributed by atoms with E-state index in [9.17, 15) is 0 Å². The minimum absolute atomic E-state index is 0.233. The first-order chi connectivity index (χ1) is 4.67. The third-order valence-electron chi connectivity index (χ3n) is 1.78. The maximum absolute atomic E-state index is 6.09. The van der Waals surface area contributed by atoms with Crippen molar-refractivity contribution in [2.24, 2.45) is 0 Å². The molecular formula is C7H13ClO2. The highest BCUT2D eigenvalue weighted by Crippen LogP contribution is 2.31. The van der Waals surface area contributed by atoms with E-state index in [0.29, 0.717) is 0 Å². The van der Waals surface area contributed by atoms with Gasteiger partial charge in [0.1, 0.15) is 0 Å². The van der Waals surface area contributed by atoms with Gasteiger partial charge in [0.25, 0.3) is 0 Å². The third-order valence-corrected chi connectivity index (χ3v) is 2.15. The number of rotatable bonds is 1. The smallest absolute Gasteiger partial charge is 0.175 e. The van der Waals surface area contributed by atoms with Crippen LogP contribution in [0.4, 0.5) is 0 Å². The highest BCUT2D eigenvalue weighted by molar-refractivity contribution is 6.24. The summed E-state index contributed by atoms with van der Waals surface area (Å²) in [6.07, 6.45) is 1.76. The van der Waals surface area contributed by atoms with Crippen LogP contribution in [0, 0.1) is 0 Å². The zero-order chi connectivity index (χ0) is 7.61. The predicted octanol–water partition coefficient (Wildman–Crippen LogP) is 1.77. The van der Waals surface area contributed by atoms with Gasteiger partial charge in [-0.3, -0.25) is 0 Å². The van der Waals surface area contributed by atoms with Crippen LogP contribution in [0.2, 0.25) is 0 Å². The van der Waals surface area contributed by atoms with Crippen LogP contribution < -0.4 is 0 Å². The Labute approximate surface area is 66.5 Å². The van der Waals surface area contributed by atoms with Gasteiger partial charge in [-0.15, -0.1) is 11.6 Å². The molecule has 1 fully saturated rings. The van der Waals surface area contributed by atoms with Crippen LogP contribution in [-0.4, -0.2) is 24.9 Å². The third kappa shape index (κ3) is 1.62. The maximum Gasteiger partial charge on any atom is 0.175 e. The Hall–Kier alpha value is 0.210. The van der Waals surface area contributed by atoms with Crippen molar-refractivity contribution < 1.29 is 9.47 Å². The molecule has 1 rings (SSSR count). The fraction of sp³-hybridized carbons (Fsp3) is 1.00. The Morgan fingerprint density at radius 1 is 1.70 bits per heavy atom. The molecule has 3 heteroatoms. The van der Waals surface area contributed by atoms with E-state index in [4.69, 9.17) is 21.1 Å². The topological polar surface area (TPSA) is 18.5 Å². The minimum atomic E-state index is -0.326. The van der Waals surface area contributed by atoms with Crippen molar-refractivity contribution in [3.8, 4) is 0 Å². The summed E-state index contributed by atoms with van der Waals surface area (Å²) in [6.45, 7) is 2.71. The van der Waals surface area contributed by atoms with E-state index in [1.807, 2.05) is 6.92 Å². The summed E-state index contributed by atoms with van der Waals surface area (Å²) in [5, 5.41) is 0. The van der Waals surface area contributed by atoms with E-state index >= 15 is 0 Å². The van der Waals surface area contributed by atoms with Crippen LogP contribution in [-0.2, 0) is 9.47 Å². The van der Waals surface area contributed by atoms with Crippen molar-refractivity contribution >= 4 is 11.6 Å². The first-order valence-corrected chi connectivity index (χ1v) is 3.88. The fourth-order valence-corrected chi connectivity index (χ4v) is 1.50. The molecule has 0 aromatic rings. The van der Waals surface area contributed by atoms with Gasteiger partial charge in [0.15, 0.2) is 6.29 Å². The molecule has 0 aromatic carbocycles. The van der Waals surface area contributed by atoms with E-state index in [2.05, 4.69) is 0 Å². The van der Waals surface area contributed by atoms with Crippen molar-refractivity contribution in [2.75, 3.05) is 13.7 Å². The molecule has 0 aromatic heterocycles. The molecule has 1 heterocycles. The monoisotopic (exact) mass is 164 g/mol. The van der Waals surface area contributed by atoms with Crippen LogP contribution in [0.15, 0.2) is 0 Å². The van der Waals surface area contributed by atoms with E-state index in [0.717, 1.165) is 19.4 Å². The zero-order valence-corrected chi connectivity index (χ0v) is 7.15. The molecule has 2 nitrogen and oxygen atoms in total. The van der Waals surface area contributed by atoms with Gasteiger partial charge in [-0.25, -0.2) is 0 Å². The number of ether oxygens (including phenoxy) is 2. The van der Waals surface area contributed by atoms with Crippen molar-refractivity contribution in [3.05, 3.63) is 0 Å². The maximum atomic E-state index is 6.09. The Kier molecular flexibility index (Phi) is 2.55. The highest BCUT2D eigenvalue weighted by Gasteiger charge is 2.35. The fourth-order valence-electron chi connectivity index (χ4n) is 1.21. The first-order valence-electron chi connectivity index (χ1n) is 3.50. The Morgan fingerprint density at radius 2 is 2.40 bits per heavy atom. The SMILES string of the molecule is COC1OCCCC1(C)Cl. The molecule has 0 aliphatic carbocycles. The summed E-state index contributed by atoms with van der Waals surface area (Å²) in [5.41, 5.74) is 0. The second kappa shape index (κ2) is 3.07.